The fourth-order valence-electron chi connectivity index (χ4n) is 5.14. The predicted molar refractivity (Wildman–Crippen MR) is 175 cm³/mol. The molecule has 14 heteroatoms. The number of hydrogen-bond acceptors (Lipinski definition) is 10. The second-order valence-corrected chi connectivity index (χ2v) is 13.2. The molecule has 3 aromatic carbocycles. The van der Waals surface area contributed by atoms with Crippen LogP contribution < -0.4 is 15.0 Å². The molecule has 47 heavy (non-hydrogen) atoms. The van der Waals surface area contributed by atoms with Gasteiger partial charge in [0, 0.05) is 23.6 Å². The first-order chi connectivity index (χ1) is 22.3. The third-order valence-electron chi connectivity index (χ3n) is 7.44. The fourth-order valence-corrected chi connectivity index (χ4v) is 6.43. The van der Waals surface area contributed by atoms with E-state index in [2.05, 4.69) is 5.32 Å². The number of esters is 1. The molecule has 246 valence electrons. The molecular formula is C33H34N4O9S. The molecule has 0 radical (unpaired) electrons. The van der Waals surface area contributed by atoms with Gasteiger partial charge in [0.1, 0.15) is 41.6 Å². The number of fused-ring (bicyclic) bond motifs is 2. The third-order valence-corrected chi connectivity index (χ3v) is 8.87. The van der Waals surface area contributed by atoms with Gasteiger partial charge < -0.3 is 19.5 Å². The number of carbonyl (C=O) groups excluding carboxylic acids is 4. The van der Waals surface area contributed by atoms with Gasteiger partial charge in [0.25, 0.3) is 11.6 Å². The van der Waals surface area contributed by atoms with Gasteiger partial charge in [-0.3, -0.25) is 29.5 Å². The van der Waals surface area contributed by atoms with E-state index in [1.807, 2.05) is 18.2 Å². The minimum Gasteiger partial charge on any atom is -0.497 e. The molecule has 2 heterocycles. The highest BCUT2D eigenvalue weighted by Gasteiger charge is 2.54. The summed E-state index contributed by atoms with van der Waals surface area (Å²) >= 11 is 1.39. The molecule has 0 saturated carbocycles. The van der Waals surface area contributed by atoms with E-state index in [1.165, 1.54) is 45.8 Å². The lowest BCUT2D eigenvalue weighted by Gasteiger charge is -2.49. The summed E-state index contributed by atoms with van der Waals surface area (Å²) in [6.45, 7) is 6.34. The lowest BCUT2D eigenvalue weighted by atomic mass is 10.0. The van der Waals surface area contributed by atoms with Crippen LogP contribution in [0.15, 0.2) is 71.9 Å². The summed E-state index contributed by atoms with van der Waals surface area (Å²) in [4.78, 5) is 66.0. The molecule has 0 aliphatic carbocycles. The van der Waals surface area contributed by atoms with Crippen molar-refractivity contribution in [2.75, 3.05) is 24.3 Å². The summed E-state index contributed by atoms with van der Waals surface area (Å²) in [7, 11) is 1.57. The number of carbonyl (C=O) groups is 4. The quantitative estimate of drug-likeness (QED) is 0.144. The molecule has 3 aromatic rings. The molecule has 1 fully saturated rings. The molecule has 5 rings (SSSR count). The van der Waals surface area contributed by atoms with Gasteiger partial charge in [-0.25, -0.2) is 9.59 Å². The van der Waals surface area contributed by atoms with Gasteiger partial charge in [-0.2, -0.15) is 0 Å². The van der Waals surface area contributed by atoms with Crippen LogP contribution in [0.25, 0.3) is 10.8 Å². The Morgan fingerprint density at radius 2 is 1.74 bits per heavy atom. The van der Waals surface area contributed by atoms with E-state index < -0.39 is 52.4 Å². The van der Waals surface area contributed by atoms with Crippen LogP contribution in [0, 0.1) is 10.1 Å². The number of rotatable bonds is 9. The van der Waals surface area contributed by atoms with Crippen LogP contribution in [0.2, 0.25) is 0 Å². The van der Waals surface area contributed by atoms with Crippen LogP contribution in [0.4, 0.5) is 16.2 Å². The zero-order chi connectivity index (χ0) is 34.0. The highest BCUT2D eigenvalue weighted by atomic mass is 32.2. The topological polar surface area (TPSA) is 158 Å². The molecule has 2 atom stereocenters. The number of nitrogens with zero attached hydrogens (tertiary/aromatic N) is 3. The van der Waals surface area contributed by atoms with Crippen molar-refractivity contribution in [1.29, 1.82) is 0 Å². The Bertz CT molecular complexity index is 1780. The fraction of sp³-hybridized carbons (Fsp3) is 0.333. The Morgan fingerprint density at radius 3 is 2.40 bits per heavy atom. The molecule has 3 amide bonds. The van der Waals surface area contributed by atoms with Gasteiger partial charge in [0.2, 0.25) is 5.91 Å². The van der Waals surface area contributed by atoms with Gasteiger partial charge in [-0.1, -0.05) is 12.1 Å². The summed E-state index contributed by atoms with van der Waals surface area (Å²) in [6, 6.07) is 15.4. The molecule has 0 spiro atoms. The largest absolute Gasteiger partial charge is 0.497 e. The average molecular weight is 663 g/mol. The van der Waals surface area contributed by atoms with E-state index in [1.54, 1.807) is 53.0 Å². The maximum atomic E-state index is 13.4. The number of methoxy groups -OCH3 is 1. The summed E-state index contributed by atoms with van der Waals surface area (Å²) < 4.78 is 16.3. The second-order valence-electron chi connectivity index (χ2n) is 12.0. The molecule has 2 aliphatic heterocycles. The first-order valence-electron chi connectivity index (χ1n) is 14.7. The molecule has 1 unspecified atom stereocenters. The van der Waals surface area contributed by atoms with E-state index in [-0.39, 0.29) is 18.0 Å². The molecular weight excluding hydrogens is 628 g/mol. The Morgan fingerprint density at radius 1 is 1.06 bits per heavy atom. The number of non-ortho nitro benzene ring substituents is 1. The number of β-lactam (4-membered cyclic amide) rings is 1. The first-order valence-corrected chi connectivity index (χ1v) is 15.7. The predicted octanol–water partition coefficient (Wildman–Crippen LogP) is 4.92. The number of hydrogen-bond donors (Lipinski definition) is 1. The van der Waals surface area contributed by atoms with Crippen molar-refractivity contribution in [3.05, 3.63) is 87.6 Å². The Hall–Kier alpha value is -5.11. The van der Waals surface area contributed by atoms with Gasteiger partial charge >= 0.3 is 12.1 Å². The smallest absolute Gasteiger partial charge is 0.415 e. The monoisotopic (exact) mass is 662 g/mol. The first kappa shape index (κ1) is 33.3. The number of nitrogens with one attached hydrogen (secondary N) is 1. The molecule has 1 saturated heterocycles. The summed E-state index contributed by atoms with van der Waals surface area (Å²) in [5.41, 5.74) is 0.810. The third kappa shape index (κ3) is 7.32. The van der Waals surface area contributed by atoms with E-state index in [9.17, 15) is 29.3 Å². The maximum Gasteiger partial charge on any atom is 0.415 e. The van der Waals surface area contributed by atoms with Gasteiger partial charge in [-0.15, -0.1) is 11.8 Å². The average Bonchev–Trinajstić information content (AvgIpc) is 3.03. The van der Waals surface area contributed by atoms with Crippen LogP contribution in [-0.4, -0.2) is 70.1 Å². The molecule has 0 bridgehead atoms. The second kappa shape index (κ2) is 13.3. The van der Waals surface area contributed by atoms with Crippen LogP contribution in [0.1, 0.15) is 33.3 Å². The number of thioether (sulfide) groups is 1. The highest BCUT2D eigenvalue weighted by molar-refractivity contribution is 8.00. The lowest BCUT2D eigenvalue weighted by molar-refractivity contribution is -0.384. The Labute approximate surface area is 275 Å². The van der Waals surface area contributed by atoms with Crippen molar-refractivity contribution in [1.82, 2.24) is 10.2 Å². The van der Waals surface area contributed by atoms with E-state index in [0.717, 1.165) is 10.8 Å². The molecule has 2 aliphatic rings. The number of nitro groups is 1. The van der Waals surface area contributed by atoms with Crippen molar-refractivity contribution in [3.8, 4) is 5.75 Å². The zero-order valence-electron chi connectivity index (χ0n) is 26.5. The number of amides is 3. The Kier molecular flexibility index (Phi) is 9.43. The lowest BCUT2D eigenvalue weighted by Crippen LogP contribution is -2.71. The maximum absolute atomic E-state index is 13.4. The van der Waals surface area contributed by atoms with Gasteiger partial charge in [0.15, 0.2) is 0 Å². The number of anilines is 1. The van der Waals surface area contributed by atoms with Crippen molar-refractivity contribution < 1.29 is 38.3 Å². The van der Waals surface area contributed by atoms with Gasteiger partial charge in [-0.05, 0) is 86.0 Å². The SMILES string of the molecule is COc1ccc2cc(N(CC(=O)NC3C(=O)N4C(C(=O)OCc5ccc([N+](=O)[O-])cc5)=C(C)CS[C@@H]34)C(=O)OC(C)(C)C)ccc2c1. The van der Waals surface area contributed by atoms with Crippen molar-refractivity contribution in [2.45, 2.75) is 51.3 Å². The zero-order valence-corrected chi connectivity index (χ0v) is 27.3. The molecule has 13 nitrogen and oxygen atoms in total. The van der Waals surface area contributed by atoms with Crippen LogP contribution in [0.5, 0.6) is 5.75 Å². The number of nitro benzene ring substituents is 1. The van der Waals surface area contributed by atoms with Gasteiger partial charge in [0.05, 0.1) is 12.0 Å². The van der Waals surface area contributed by atoms with E-state index in [4.69, 9.17) is 14.2 Å². The summed E-state index contributed by atoms with van der Waals surface area (Å²) in [6.07, 6.45) is -0.731. The van der Waals surface area contributed by atoms with Crippen molar-refractivity contribution >= 4 is 57.8 Å². The van der Waals surface area contributed by atoms with E-state index in [0.29, 0.717) is 28.3 Å². The van der Waals surface area contributed by atoms with Crippen molar-refractivity contribution in [2.24, 2.45) is 0 Å². The van der Waals surface area contributed by atoms with Crippen LogP contribution >= 0.6 is 11.8 Å². The van der Waals surface area contributed by atoms with E-state index >= 15 is 0 Å². The molecule has 0 aromatic heterocycles. The highest BCUT2D eigenvalue weighted by Crippen LogP contribution is 2.40. The van der Waals surface area contributed by atoms with Crippen LogP contribution in [0.3, 0.4) is 0 Å². The number of benzene rings is 3. The normalized spacial score (nSPS) is 17.4. The van der Waals surface area contributed by atoms with Crippen molar-refractivity contribution in [3.63, 3.8) is 0 Å². The Balaban J connectivity index is 1.27. The summed E-state index contributed by atoms with van der Waals surface area (Å²) in [5.74, 6) is -0.679. The molecule has 1 N–H and O–H groups in total. The summed E-state index contributed by atoms with van der Waals surface area (Å²) in [5, 5.41) is 14.8. The van der Waals surface area contributed by atoms with Crippen LogP contribution in [-0.2, 0) is 30.5 Å². The minimum absolute atomic E-state index is 0.0856. The number of ether oxygens (including phenoxy) is 3. The minimum atomic E-state index is -0.928. The standard InChI is InChI=1S/C33H34N4O9S/c1-19-18-47-30-27(29(39)36(30)28(19)31(40)45-17-20-6-10-23(11-7-20)37(42)43)34-26(38)16-35(32(41)46-33(2,3)4)24-12-8-22-15-25(44-5)13-9-21(22)14-24/h6-15,27,30H,16-18H2,1-5H3,(H,34,38)/t27?,30-/m0/s1.